The molecule has 0 radical (unpaired) electrons. The van der Waals surface area contributed by atoms with Crippen LogP contribution in [0.4, 0.5) is 23.8 Å². The van der Waals surface area contributed by atoms with E-state index in [-0.39, 0.29) is 41.7 Å². The molecule has 3 saturated heterocycles. The van der Waals surface area contributed by atoms with E-state index in [1.807, 2.05) is 25.7 Å². The molecule has 1 aromatic rings. The lowest BCUT2D eigenvalue weighted by Crippen LogP contribution is -2.52. The first-order valence-corrected chi connectivity index (χ1v) is 10.2. The van der Waals surface area contributed by atoms with Gasteiger partial charge in [0.05, 0.1) is 5.56 Å². The number of hydrogen-bond donors (Lipinski definition) is 0. The van der Waals surface area contributed by atoms with Crippen LogP contribution >= 0.6 is 0 Å². The second kappa shape index (κ2) is 6.85. The third-order valence-electron chi connectivity index (χ3n) is 6.23. The SMILES string of the molecule is CC(C)(C)OC(=O)N1C2CCC1CC1(CC(=O)N(c3cc(C(F)(F)F)ccn3)C1)C2. The Kier molecular flexibility index (Phi) is 4.78. The maximum Gasteiger partial charge on any atom is 0.416 e. The zero-order chi connectivity index (χ0) is 21.9. The Hall–Kier alpha value is -2.32. The van der Waals surface area contributed by atoms with E-state index in [9.17, 15) is 22.8 Å². The zero-order valence-electron chi connectivity index (χ0n) is 17.3. The maximum absolute atomic E-state index is 13.1. The van der Waals surface area contributed by atoms with Gasteiger partial charge in [-0.3, -0.25) is 9.69 Å². The normalized spacial score (nSPS) is 29.1. The lowest BCUT2D eigenvalue weighted by atomic mass is 9.74. The highest BCUT2D eigenvalue weighted by Gasteiger charge is 2.55. The number of nitrogens with zero attached hydrogens (tertiary/aromatic N) is 3. The number of carbonyl (C=O) groups is 2. The van der Waals surface area contributed by atoms with E-state index < -0.39 is 17.3 Å². The average Bonchev–Trinajstić information content (AvgIpc) is 3.07. The second-order valence-corrected chi connectivity index (χ2v) is 9.74. The Labute approximate surface area is 173 Å². The second-order valence-electron chi connectivity index (χ2n) is 9.74. The molecule has 2 unspecified atom stereocenters. The van der Waals surface area contributed by atoms with Crippen LogP contribution in [-0.4, -0.2) is 46.1 Å². The third kappa shape index (κ3) is 3.86. The number of piperidine rings is 1. The van der Waals surface area contributed by atoms with E-state index in [0.717, 1.165) is 31.2 Å². The Bertz CT molecular complexity index is 851. The minimum absolute atomic E-state index is 0.0131. The van der Waals surface area contributed by atoms with Crippen LogP contribution in [0.2, 0.25) is 0 Å². The molecule has 3 fully saturated rings. The van der Waals surface area contributed by atoms with Crippen molar-refractivity contribution < 1.29 is 27.5 Å². The summed E-state index contributed by atoms with van der Waals surface area (Å²) in [6, 6.07) is 1.81. The fraction of sp³-hybridized carbons (Fsp3) is 0.667. The molecule has 0 saturated carbocycles. The standard InChI is InChI=1S/C21H26F3N3O3/c1-19(2,3)30-18(29)27-14-4-5-15(27)10-20(9-14)11-17(28)26(12-20)16-8-13(6-7-25-16)21(22,23)24/h6-8,14-15H,4-5,9-12H2,1-3H3. The fourth-order valence-electron chi connectivity index (χ4n) is 5.18. The molecule has 164 valence electrons. The molecule has 1 aromatic heterocycles. The highest BCUT2D eigenvalue weighted by Crippen LogP contribution is 2.51. The largest absolute Gasteiger partial charge is 0.444 e. The Morgan fingerprint density at radius 1 is 1.20 bits per heavy atom. The monoisotopic (exact) mass is 425 g/mol. The number of rotatable bonds is 1. The van der Waals surface area contributed by atoms with Crippen molar-refractivity contribution in [1.82, 2.24) is 9.88 Å². The van der Waals surface area contributed by atoms with Gasteiger partial charge in [-0.05, 0) is 58.6 Å². The summed E-state index contributed by atoms with van der Waals surface area (Å²) in [5.74, 6) is -0.180. The van der Waals surface area contributed by atoms with Crippen molar-refractivity contribution in [1.29, 1.82) is 0 Å². The van der Waals surface area contributed by atoms with E-state index in [4.69, 9.17) is 4.74 Å². The lowest BCUT2D eigenvalue weighted by Gasteiger charge is -2.44. The van der Waals surface area contributed by atoms with E-state index in [1.165, 1.54) is 4.90 Å². The van der Waals surface area contributed by atoms with Crippen LogP contribution in [0, 0.1) is 5.41 Å². The predicted octanol–water partition coefficient (Wildman–Crippen LogP) is 4.39. The molecule has 1 spiro atoms. The van der Waals surface area contributed by atoms with Gasteiger partial charge in [-0.25, -0.2) is 9.78 Å². The Balaban J connectivity index is 1.52. The van der Waals surface area contributed by atoms with Crippen LogP contribution in [-0.2, 0) is 15.7 Å². The summed E-state index contributed by atoms with van der Waals surface area (Å²) in [5.41, 5.74) is -1.75. The number of fused-ring (bicyclic) bond motifs is 2. The molecule has 2 atom stereocenters. The minimum atomic E-state index is -4.49. The first-order valence-electron chi connectivity index (χ1n) is 10.2. The van der Waals surface area contributed by atoms with Gasteiger partial charge in [-0.2, -0.15) is 13.2 Å². The Morgan fingerprint density at radius 2 is 1.83 bits per heavy atom. The summed E-state index contributed by atoms with van der Waals surface area (Å²) in [5, 5.41) is 0. The van der Waals surface area contributed by atoms with Crippen molar-refractivity contribution in [3.8, 4) is 0 Å². The molecule has 6 nitrogen and oxygen atoms in total. The van der Waals surface area contributed by atoms with Crippen molar-refractivity contribution >= 4 is 17.8 Å². The minimum Gasteiger partial charge on any atom is -0.444 e. The van der Waals surface area contributed by atoms with Crippen LogP contribution in [0.25, 0.3) is 0 Å². The number of aromatic nitrogens is 1. The van der Waals surface area contributed by atoms with Crippen molar-refractivity contribution in [3.63, 3.8) is 0 Å². The maximum atomic E-state index is 13.1. The van der Waals surface area contributed by atoms with Gasteiger partial charge in [0, 0.05) is 36.7 Å². The van der Waals surface area contributed by atoms with Gasteiger partial charge < -0.3 is 9.64 Å². The van der Waals surface area contributed by atoms with E-state index in [1.54, 1.807) is 0 Å². The van der Waals surface area contributed by atoms with Crippen LogP contribution in [0.1, 0.15) is 58.4 Å². The number of ether oxygens (including phenoxy) is 1. The van der Waals surface area contributed by atoms with Gasteiger partial charge in [0.25, 0.3) is 0 Å². The number of anilines is 1. The molecule has 3 aliphatic rings. The van der Waals surface area contributed by atoms with Crippen LogP contribution in [0.15, 0.2) is 18.3 Å². The summed E-state index contributed by atoms with van der Waals surface area (Å²) in [7, 11) is 0. The highest BCUT2D eigenvalue weighted by molar-refractivity contribution is 5.95. The fourth-order valence-corrected chi connectivity index (χ4v) is 5.18. The quantitative estimate of drug-likeness (QED) is 0.670. The predicted molar refractivity (Wildman–Crippen MR) is 103 cm³/mol. The number of pyridine rings is 1. The molecule has 3 aliphatic heterocycles. The average molecular weight is 425 g/mol. The van der Waals surface area contributed by atoms with Gasteiger partial charge >= 0.3 is 12.3 Å². The smallest absolute Gasteiger partial charge is 0.416 e. The number of halogens is 3. The zero-order valence-corrected chi connectivity index (χ0v) is 17.3. The molecule has 4 rings (SSSR count). The number of hydrogen-bond acceptors (Lipinski definition) is 4. The topological polar surface area (TPSA) is 62.7 Å². The molecule has 9 heteroatoms. The summed E-state index contributed by atoms with van der Waals surface area (Å²) in [4.78, 5) is 32.6. The summed E-state index contributed by atoms with van der Waals surface area (Å²) >= 11 is 0. The third-order valence-corrected chi connectivity index (χ3v) is 6.23. The van der Waals surface area contributed by atoms with Gasteiger partial charge in [-0.1, -0.05) is 0 Å². The molecule has 4 heterocycles. The van der Waals surface area contributed by atoms with E-state index in [2.05, 4.69) is 4.98 Å². The molecule has 2 bridgehead atoms. The number of carbonyl (C=O) groups excluding carboxylic acids is 2. The first-order chi connectivity index (χ1) is 13.9. The number of amides is 2. The van der Waals surface area contributed by atoms with E-state index in [0.29, 0.717) is 19.4 Å². The van der Waals surface area contributed by atoms with Gasteiger partial charge in [-0.15, -0.1) is 0 Å². The van der Waals surface area contributed by atoms with Crippen LogP contribution in [0.5, 0.6) is 0 Å². The highest BCUT2D eigenvalue weighted by atomic mass is 19.4. The molecule has 0 aromatic carbocycles. The lowest BCUT2D eigenvalue weighted by molar-refractivity contribution is -0.137. The van der Waals surface area contributed by atoms with Crippen molar-refractivity contribution in [2.45, 2.75) is 76.7 Å². The number of alkyl halides is 3. The molecule has 30 heavy (non-hydrogen) atoms. The van der Waals surface area contributed by atoms with Crippen LogP contribution < -0.4 is 4.90 Å². The van der Waals surface area contributed by atoms with Gasteiger partial charge in [0.1, 0.15) is 11.4 Å². The summed E-state index contributed by atoms with van der Waals surface area (Å²) in [6.07, 6.45) is -0.482. The van der Waals surface area contributed by atoms with E-state index >= 15 is 0 Å². The molecular formula is C21H26F3N3O3. The van der Waals surface area contributed by atoms with Gasteiger partial charge in [0.15, 0.2) is 0 Å². The molecular weight excluding hydrogens is 399 g/mol. The van der Waals surface area contributed by atoms with Crippen LogP contribution in [0.3, 0.4) is 0 Å². The summed E-state index contributed by atoms with van der Waals surface area (Å²) < 4.78 is 44.8. The molecule has 0 N–H and O–H groups in total. The van der Waals surface area contributed by atoms with Crippen molar-refractivity contribution in [3.05, 3.63) is 23.9 Å². The Morgan fingerprint density at radius 3 is 2.40 bits per heavy atom. The molecule has 2 amide bonds. The van der Waals surface area contributed by atoms with Crippen molar-refractivity contribution in [2.24, 2.45) is 5.41 Å². The first kappa shape index (κ1) is 20.9. The summed E-state index contributed by atoms with van der Waals surface area (Å²) in [6.45, 7) is 5.81. The van der Waals surface area contributed by atoms with Gasteiger partial charge in [0.2, 0.25) is 5.91 Å². The van der Waals surface area contributed by atoms with Crippen molar-refractivity contribution in [2.75, 3.05) is 11.4 Å². The molecule has 0 aliphatic carbocycles.